The maximum Gasteiger partial charge on any atom is 0.229 e. The van der Waals surface area contributed by atoms with Gasteiger partial charge >= 0.3 is 0 Å². The summed E-state index contributed by atoms with van der Waals surface area (Å²) in [5.41, 5.74) is 0. The highest BCUT2D eigenvalue weighted by atomic mass is 16.7. The van der Waals surface area contributed by atoms with Crippen LogP contribution in [0.4, 0.5) is 0 Å². The second kappa shape index (κ2) is 6.46. The SMILES string of the molecule is COc1cc(O)cc(O[C@@H]2O[C@H](CO)[C@@H](O)[C@H](O)[C@H]2O)c1. The Morgan fingerprint density at radius 2 is 1.71 bits per heavy atom. The van der Waals surface area contributed by atoms with E-state index < -0.39 is 37.3 Å². The molecule has 5 N–H and O–H groups in total. The van der Waals surface area contributed by atoms with Gasteiger partial charge in [-0.2, -0.15) is 0 Å². The maximum atomic E-state index is 9.84. The molecule has 1 saturated heterocycles. The summed E-state index contributed by atoms with van der Waals surface area (Å²) in [6.45, 7) is -0.547. The number of methoxy groups -OCH3 is 1. The third kappa shape index (κ3) is 3.36. The van der Waals surface area contributed by atoms with Crippen molar-refractivity contribution in [3.05, 3.63) is 18.2 Å². The summed E-state index contributed by atoms with van der Waals surface area (Å²) in [5.74, 6) is 0.347. The molecule has 0 spiro atoms. The molecule has 1 aliphatic heterocycles. The van der Waals surface area contributed by atoms with E-state index in [1.807, 2.05) is 0 Å². The maximum absolute atomic E-state index is 9.84. The number of phenols is 1. The quantitative estimate of drug-likeness (QED) is 0.458. The van der Waals surface area contributed by atoms with E-state index in [4.69, 9.17) is 19.3 Å². The highest BCUT2D eigenvalue weighted by Crippen LogP contribution is 2.30. The third-order valence-corrected chi connectivity index (χ3v) is 3.20. The monoisotopic (exact) mass is 302 g/mol. The zero-order chi connectivity index (χ0) is 15.6. The van der Waals surface area contributed by atoms with E-state index in [0.717, 1.165) is 0 Å². The Kier molecular flexibility index (Phi) is 4.86. The topological polar surface area (TPSA) is 129 Å². The molecular formula is C13H18O8. The lowest BCUT2D eigenvalue weighted by Crippen LogP contribution is -2.60. The van der Waals surface area contributed by atoms with E-state index in [1.54, 1.807) is 0 Å². The largest absolute Gasteiger partial charge is 0.508 e. The first-order valence-corrected chi connectivity index (χ1v) is 6.31. The number of rotatable bonds is 4. The first-order valence-electron chi connectivity index (χ1n) is 6.31. The van der Waals surface area contributed by atoms with Gasteiger partial charge < -0.3 is 39.7 Å². The summed E-state index contributed by atoms with van der Waals surface area (Å²) < 4.78 is 15.5. The number of hydrogen-bond acceptors (Lipinski definition) is 8. The summed E-state index contributed by atoms with van der Waals surface area (Å²) in [6.07, 6.45) is -6.88. The number of aliphatic hydroxyl groups excluding tert-OH is 4. The molecule has 0 bridgehead atoms. The van der Waals surface area contributed by atoms with E-state index >= 15 is 0 Å². The Hall–Kier alpha value is -1.58. The predicted octanol–water partition coefficient (Wildman–Crippen LogP) is -1.42. The molecule has 8 heteroatoms. The van der Waals surface area contributed by atoms with E-state index in [0.29, 0.717) is 5.75 Å². The van der Waals surface area contributed by atoms with Crippen molar-refractivity contribution in [2.45, 2.75) is 30.7 Å². The molecule has 1 aliphatic rings. The van der Waals surface area contributed by atoms with Gasteiger partial charge in [-0.25, -0.2) is 0 Å². The number of benzene rings is 1. The first kappa shape index (κ1) is 15.8. The van der Waals surface area contributed by atoms with E-state index in [-0.39, 0.29) is 11.5 Å². The Labute approximate surface area is 120 Å². The summed E-state index contributed by atoms with van der Waals surface area (Å²) >= 11 is 0. The molecule has 0 saturated carbocycles. The number of phenolic OH excluding ortho intramolecular Hbond substituents is 1. The standard InChI is InChI=1S/C13H18O8/c1-19-7-2-6(15)3-8(4-7)20-13-12(18)11(17)10(16)9(5-14)21-13/h2-4,9-18H,5H2,1H3/t9-,10-,11+,12-,13-/m1/s1. The summed E-state index contributed by atoms with van der Waals surface area (Å²) in [5, 5.41) is 47.8. The molecule has 0 aliphatic carbocycles. The fourth-order valence-corrected chi connectivity index (χ4v) is 2.04. The Morgan fingerprint density at radius 3 is 2.33 bits per heavy atom. The molecule has 5 atom stereocenters. The van der Waals surface area contributed by atoms with Crippen LogP contribution < -0.4 is 9.47 Å². The molecule has 118 valence electrons. The highest BCUT2D eigenvalue weighted by Gasteiger charge is 2.44. The van der Waals surface area contributed by atoms with Crippen molar-refractivity contribution in [2.24, 2.45) is 0 Å². The smallest absolute Gasteiger partial charge is 0.229 e. The van der Waals surface area contributed by atoms with Crippen molar-refractivity contribution >= 4 is 0 Å². The van der Waals surface area contributed by atoms with Gasteiger partial charge in [0.2, 0.25) is 6.29 Å². The molecule has 0 aromatic heterocycles. The Balaban J connectivity index is 2.16. The van der Waals surface area contributed by atoms with Gasteiger partial charge in [-0.05, 0) is 0 Å². The van der Waals surface area contributed by atoms with Crippen LogP contribution >= 0.6 is 0 Å². The number of aromatic hydroxyl groups is 1. The van der Waals surface area contributed by atoms with Crippen LogP contribution in [0.5, 0.6) is 17.2 Å². The lowest BCUT2D eigenvalue weighted by molar-refractivity contribution is -0.277. The molecule has 1 heterocycles. The molecule has 1 aromatic rings. The highest BCUT2D eigenvalue weighted by molar-refractivity contribution is 5.41. The third-order valence-electron chi connectivity index (χ3n) is 3.20. The number of aliphatic hydroxyl groups is 4. The van der Waals surface area contributed by atoms with Crippen molar-refractivity contribution in [3.63, 3.8) is 0 Å². The van der Waals surface area contributed by atoms with Gasteiger partial charge in [-0.15, -0.1) is 0 Å². The lowest BCUT2D eigenvalue weighted by Gasteiger charge is -2.39. The normalized spacial score (nSPS) is 32.7. The molecule has 0 radical (unpaired) electrons. The minimum absolute atomic E-state index is 0.117. The summed E-state index contributed by atoms with van der Waals surface area (Å²) in [6, 6.07) is 4.07. The van der Waals surface area contributed by atoms with Crippen molar-refractivity contribution < 1.29 is 39.7 Å². The van der Waals surface area contributed by atoms with Crippen LogP contribution in [0.15, 0.2) is 18.2 Å². The molecule has 2 rings (SSSR count). The van der Waals surface area contributed by atoms with Crippen LogP contribution in [0.1, 0.15) is 0 Å². The molecule has 1 aromatic carbocycles. The van der Waals surface area contributed by atoms with E-state index in [2.05, 4.69) is 0 Å². The van der Waals surface area contributed by atoms with E-state index in [1.165, 1.54) is 25.3 Å². The Morgan fingerprint density at radius 1 is 1.05 bits per heavy atom. The lowest BCUT2D eigenvalue weighted by atomic mass is 9.99. The van der Waals surface area contributed by atoms with Crippen LogP contribution in [0.25, 0.3) is 0 Å². The molecule has 0 amide bonds. The number of hydrogen-bond donors (Lipinski definition) is 5. The van der Waals surface area contributed by atoms with Crippen LogP contribution in [-0.4, -0.2) is 70.0 Å². The summed E-state index contributed by atoms with van der Waals surface area (Å²) in [4.78, 5) is 0. The average Bonchev–Trinajstić information content (AvgIpc) is 2.47. The molecular weight excluding hydrogens is 284 g/mol. The van der Waals surface area contributed by atoms with Crippen LogP contribution in [0.3, 0.4) is 0 Å². The van der Waals surface area contributed by atoms with Gasteiger partial charge in [0.25, 0.3) is 0 Å². The van der Waals surface area contributed by atoms with Gasteiger partial charge in [-0.1, -0.05) is 0 Å². The molecule has 1 fully saturated rings. The molecule has 8 nitrogen and oxygen atoms in total. The first-order chi connectivity index (χ1) is 9.96. The van der Waals surface area contributed by atoms with Gasteiger partial charge in [0.15, 0.2) is 0 Å². The van der Waals surface area contributed by atoms with Gasteiger partial charge in [0.1, 0.15) is 41.7 Å². The minimum Gasteiger partial charge on any atom is -0.508 e. The van der Waals surface area contributed by atoms with Crippen molar-refractivity contribution in [2.75, 3.05) is 13.7 Å². The van der Waals surface area contributed by atoms with Gasteiger partial charge in [-0.3, -0.25) is 0 Å². The van der Waals surface area contributed by atoms with Gasteiger partial charge in [0.05, 0.1) is 13.7 Å². The fraction of sp³-hybridized carbons (Fsp3) is 0.538. The minimum atomic E-state index is -1.53. The van der Waals surface area contributed by atoms with Crippen LogP contribution in [0.2, 0.25) is 0 Å². The van der Waals surface area contributed by atoms with Crippen molar-refractivity contribution in [3.8, 4) is 17.2 Å². The average molecular weight is 302 g/mol. The number of ether oxygens (including phenoxy) is 3. The molecule has 21 heavy (non-hydrogen) atoms. The second-order valence-corrected chi connectivity index (χ2v) is 4.68. The van der Waals surface area contributed by atoms with Crippen molar-refractivity contribution in [1.29, 1.82) is 0 Å². The van der Waals surface area contributed by atoms with E-state index in [9.17, 15) is 20.4 Å². The Bertz CT molecular complexity index is 477. The van der Waals surface area contributed by atoms with Crippen LogP contribution in [-0.2, 0) is 4.74 Å². The fourth-order valence-electron chi connectivity index (χ4n) is 2.04. The predicted molar refractivity (Wildman–Crippen MR) is 69.1 cm³/mol. The van der Waals surface area contributed by atoms with Crippen molar-refractivity contribution in [1.82, 2.24) is 0 Å². The van der Waals surface area contributed by atoms with Gasteiger partial charge in [0, 0.05) is 18.2 Å². The van der Waals surface area contributed by atoms with Crippen LogP contribution in [0, 0.1) is 0 Å². The summed E-state index contributed by atoms with van der Waals surface area (Å²) in [7, 11) is 1.41. The second-order valence-electron chi connectivity index (χ2n) is 4.68. The zero-order valence-electron chi connectivity index (χ0n) is 11.3. The zero-order valence-corrected chi connectivity index (χ0v) is 11.3. The molecule has 0 unspecified atom stereocenters.